The van der Waals surface area contributed by atoms with Gasteiger partial charge in [-0.1, -0.05) is 120 Å². The van der Waals surface area contributed by atoms with Crippen molar-refractivity contribution in [1.82, 2.24) is 5.32 Å². The Morgan fingerprint density at radius 2 is 1.49 bits per heavy atom. The molecular weight excluding hydrogens is 1140 g/mol. The zero-order valence-corrected chi connectivity index (χ0v) is 46.0. The number of alkyl carbamates (subject to hydrolysis) is 1. The van der Waals surface area contributed by atoms with Gasteiger partial charge < -0.3 is 58.2 Å². The van der Waals surface area contributed by atoms with Crippen molar-refractivity contribution in [2.45, 2.75) is 128 Å². The molecule has 27 heteroatoms. The Morgan fingerprint density at radius 3 is 2.03 bits per heavy atom. The first-order valence-electron chi connectivity index (χ1n) is 23.2. The lowest BCUT2D eigenvalue weighted by Gasteiger charge is -2.67. The number of carbonyl (C=O) groups excluding carboxylic acids is 7. The van der Waals surface area contributed by atoms with E-state index in [1.165, 1.54) is 77.9 Å². The lowest BCUT2D eigenvalue weighted by atomic mass is 9.44. The van der Waals surface area contributed by atoms with Crippen molar-refractivity contribution in [3.05, 3.63) is 82.7 Å². The highest BCUT2D eigenvalue weighted by atomic mass is 35.6. The van der Waals surface area contributed by atoms with Crippen LogP contribution >= 0.6 is 69.6 Å². The molecule has 1 heterocycles. The Labute approximate surface area is 464 Å². The maximum absolute atomic E-state index is 16.3. The number of carbonyl (C=O) groups is 7. The van der Waals surface area contributed by atoms with Gasteiger partial charge >= 0.3 is 36.3 Å². The molecule has 3 fully saturated rings. The number of amides is 1. The van der Waals surface area contributed by atoms with Gasteiger partial charge in [-0.3, -0.25) is 9.59 Å². The minimum atomic E-state index is -2.79. The van der Waals surface area contributed by atoms with Gasteiger partial charge in [0.25, 0.3) is 0 Å². The standard InChI is InChI=1S/C49H53Cl6F2NO18/c1-23-28(71-39(63)33(60)32(25-12-9-8-10-13-25)58-40(64)76-43(3,4)19-56)18-47(67)37(74-38(62)26-14-11-15-27(57)16-26)35-45(7,36(61)34(31(23)44(47,5)6)73-42(66)70-22-49(53,54)55)29(72-41(65)69-21-48(50,51)52)17-30-46(35,20-68-30)75-24(2)59/h8-16,28-30,32-35,37,60,67H,17-22H2,1-7H3,(H,58,64)/t28-,29-,30+,32-,33+,34+,35-,37-,45+,46-,47+/m0/s1. The maximum atomic E-state index is 16.3. The number of nitrogens with one attached hydrogen (secondary N) is 1. The van der Waals surface area contributed by atoms with Crippen molar-refractivity contribution in [3.8, 4) is 0 Å². The van der Waals surface area contributed by atoms with E-state index in [4.69, 9.17) is 112 Å². The summed E-state index contributed by atoms with van der Waals surface area (Å²) < 4.78 is 75.7. The average Bonchev–Trinajstić information content (AvgIpc) is 3.31. The highest BCUT2D eigenvalue weighted by molar-refractivity contribution is 6.68. The van der Waals surface area contributed by atoms with Crippen molar-refractivity contribution in [2.75, 3.05) is 26.5 Å². The molecular formula is C49H53Cl6F2NO18. The van der Waals surface area contributed by atoms with Crippen LogP contribution in [0.2, 0.25) is 0 Å². The van der Waals surface area contributed by atoms with Gasteiger partial charge in [0.1, 0.15) is 61.3 Å². The molecule has 2 aromatic rings. The van der Waals surface area contributed by atoms with Crippen molar-refractivity contribution >= 4 is 112 Å². The van der Waals surface area contributed by atoms with Crippen LogP contribution in [0, 0.1) is 22.6 Å². The first-order chi connectivity index (χ1) is 35.1. The fourth-order valence-electron chi connectivity index (χ4n) is 10.4. The van der Waals surface area contributed by atoms with E-state index in [0.29, 0.717) is 0 Å². The van der Waals surface area contributed by atoms with E-state index >= 15 is 4.79 Å². The molecule has 4 aliphatic rings. The summed E-state index contributed by atoms with van der Waals surface area (Å²) in [5.41, 5.74) is -12.0. The molecule has 3 N–H and O–H groups in total. The third-order valence-corrected chi connectivity index (χ3v) is 14.7. The molecule has 19 nitrogen and oxygen atoms in total. The molecule has 418 valence electrons. The van der Waals surface area contributed by atoms with Gasteiger partial charge in [-0.25, -0.2) is 32.8 Å². The second-order valence-electron chi connectivity index (χ2n) is 20.0. The zero-order chi connectivity index (χ0) is 56.7. The van der Waals surface area contributed by atoms with Crippen LogP contribution in [-0.4, -0.2) is 140 Å². The molecule has 0 aromatic heterocycles. The summed E-state index contributed by atoms with van der Waals surface area (Å²) >= 11 is 35.3. The van der Waals surface area contributed by atoms with Gasteiger partial charge in [-0.05, 0) is 62.6 Å². The number of halogens is 8. The summed E-state index contributed by atoms with van der Waals surface area (Å²) in [5.74, 6) is -7.92. The van der Waals surface area contributed by atoms with Crippen LogP contribution in [0.25, 0.3) is 0 Å². The van der Waals surface area contributed by atoms with E-state index < -0.39 is 177 Å². The molecule has 1 aliphatic heterocycles. The molecule has 0 unspecified atom stereocenters. The first kappa shape index (κ1) is 60.8. The number of hydrogen-bond donors (Lipinski definition) is 3. The van der Waals surface area contributed by atoms with E-state index in [1.807, 2.05) is 0 Å². The molecule has 3 aliphatic carbocycles. The molecule has 11 atom stereocenters. The number of hydrogen-bond acceptors (Lipinski definition) is 18. The van der Waals surface area contributed by atoms with Crippen molar-refractivity contribution < 1.29 is 95.2 Å². The summed E-state index contributed by atoms with van der Waals surface area (Å²) in [5, 5.41) is 28.2. The first-order valence-corrected chi connectivity index (χ1v) is 25.4. The van der Waals surface area contributed by atoms with Crippen LogP contribution in [0.15, 0.2) is 65.7 Å². The highest BCUT2D eigenvalue weighted by Gasteiger charge is 2.79. The molecule has 1 amide bonds. The number of aliphatic hydroxyl groups excluding tert-OH is 1. The summed E-state index contributed by atoms with van der Waals surface area (Å²) in [7, 11) is 0. The number of Topliss-reactive ketones (excluding diaryl/α,β-unsaturated/α-hetero) is 1. The molecule has 2 aromatic carbocycles. The Bertz CT molecular complexity index is 2620. The quantitative estimate of drug-likeness (QED) is 0.0694. The molecule has 1 saturated heterocycles. The molecule has 6 rings (SSSR count). The largest absolute Gasteiger partial charge is 0.509 e. The third-order valence-electron chi connectivity index (χ3n) is 14.0. The van der Waals surface area contributed by atoms with Crippen LogP contribution in [0.3, 0.4) is 0 Å². The second kappa shape index (κ2) is 22.7. The van der Waals surface area contributed by atoms with Crippen molar-refractivity contribution in [3.63, 3.8) is 0 Å². The fraction of sp³-hybridized carbons (Fsp3) is 0.571. The molecule has 2 saturated carbocycles. The lowest BCUT2D eigenvalue weighted by Crippen LogP contribution is -2.82. The van der Waals surface area contributed by atoms with Gasteiger partial charge in [-0.2, -0.15) is 0 Å². The third kappa shape index (κ3) is 12.7. The Kier molecular flexibility index (Phi) is 18.2. The number of benzene rings is 2. The van der Waals surface area contributed by atoms with E-state index in [1.54, 1.807) is 6.07 Å². The number of esters is 3. The van der Waals surface area contributed by atoms with Gasteiger partial charge in [0, 0.05) is 25.2 Å². The molecule has 0 spiro atoms. The lowest BCUT2D eigenvalue weighted by molar-refractivity contribution is -0.346. The zero-order valence-electron chi connectivity index (χ0n) is 41.5. The molecule has 0 radical (unpaired) electrons. The van der Waals surface area contributed by atoms with Crippen LogP contribution in [-0.2, 0) is 57.0 Å². The average molecular weight is 1190 g/mol. The van der Waals surface area contributed by atoms with Crippen LogP contribution in [0.1, 0.15) is 83.3 Å². The summed E-state index contributed by atoms with van der Waals surface area (Å²) in [6.07, 6.45) is -17.8. The Balaban J connectivity index is 1.61. The number of aliphatic hydroxyl groups is 2. The van der Waals surface area contributed by atoms with Crippen LogP contribution in [0.5, 0.6) is 0 Å². The number of alkyl halides is 7. The maximum Gasteiger partial charge on any atom is 0.509 e. The second-order valence-corrected chi connectivity index (χ2v) is 25.0. The van der Waals surface area contributed by atoms with Crippen LogP contribution < -0.4 is 5.32 Å². The predicted molar refractivity (Wildman–Crippen MR) is 265 cm³/mol. The molecule has 2 bridgehead atoms. The normalized spacial score (nSPS) is 28.7. The predicted octanol–water partition coefficient (Wildman–Crippen LogP) is 8.41. The minimum absolute atomic E-state index is 0.125. The SMILES string of the molecule is CC(=O)O[C@@]12CO[C@@H]1C[C@H](OC(=O)OCC(Cl)(Cl)Cl)[C@@]1(C)C(=O)[C@H](OC(=O)OCC(Cl)(Cl)Cl)C3=C(C)[C@@H](OC(=O)[C@H](O)[C@@H](NC(=O)OC(C)(C)CF)c4ccccc4)C[C@@](O)([C@@H](OC(=O)c4cccc(F)c4)[C@H]21)C3(C)C. The van der Waals surface area contributed by atoms with E-state index in [0.717, 1.165) is 19.1 Å². The Hall–Kier alpha value is -4.45. The van der Waals surface area contributed by atoms with Crippen LogP contribution in [0.4, 0.5) is 23.2 Å². The Morgan fingerprint density at radius 1 is 0.882 bits per heavy atom. The summed E-state index contributed by atoms with van der Waals surface area (Å²) in [4.78, 5) is 99.4. The van der Waals surface area contributed by atoms with Crippen molar-refractivity contribution in [1.29, 1.82) is 0 Å². The molecule has 76 heavy (non-hydrogen) atoms. The highest BCUT2D eigenvalue weighted by Crippen LogP contribution is 2.65. The van der Waals surface area contributed by atoms with Gasteiger partial charge in [0.2, 0.25) is 7.59 Å². The summed E-state index contributed by atoms with van der Waals surface area (Å²) in [6, 6.07) is 9.99. The van der Waals surface area contributed by atoms with E-state index in [-0.39, 0.29) is 16.7 Å². The van der Waals surface area contributed by atoms with E-state index in [2.05, 4.69) is 5.32 Å². The topological polar surface area (TPSA) is 255 Å². The fourth-order valence-corrected chi connectivity index (χ4v) is 10.7. The van der Waals surface area contributed by atoms with Gasteiger partial charge in [0.15, 0.2) is 23.6 Å². The number of fused-ring (bicyclic) bond motifs is 5. The smallest absolute Gasteiger partial charge is 0.456 e. The number of ketones is 1. The summed E-state index contributed by atoms with van der Waals surface area (Å²) in [6.45, 7) is 5.19. The number of rotatable bonds is 14. The van der Waals surface area contributed by atoms with E-state index in [9.17, 15) is 47.8 Å². The minimum Gasteiger partial charge on any atom is -0.456 e. The van der Waals surface area contributed by atoms with Gasteiger partial charge in [-0.15, -0.1) is 0 Å². The van der Waals surface area contributed by atoms with Crippen molar-refractivity contribution in [2.24, 2.45) is 16.7 Å². The van der Waals surface area contributed by atoms with Gasteiger partial charge in [0.05, 0.1) is 29.5 Å². The number of ether oxygens (including phenoxy) is 9. The monoisotopic (exact) mass is 1190 g/mol.